The van der Waals surface area contributed by atoms with Crippen LogP contribution in [0.25, 0.3) is 5.20 Å². The molecule has 0 saturated carbocycles. The Morgan fingerprint density at radius 3 is 1.38 bits per heavy atom. The number of benzene rings is 2. The maximum atomic E-state index is 13.9. The molecular weight excluding hydrogens is 491 g/mol. The van der Waals surface area contributed by atoms with Crippen LogP contribution < -0.4 is 5.19 Å². The Morgan fingerprint density at radius 1 is 0.667 bits per heavy atom. The highest BCUT2D eigenvalue weighted by Gasteiger charge is 2.56. The van der Waals surface area contributed by atoms with E-state index in [4.69, 9.17) is 0 Å². The van der Waals surface area contributed by atoms with Crippen LogP contribution in [0.3, 0.4) is 0 Å². The third kappa shape index (κ3) is 4.43. The largest absolute Gasteiger partial charge is 0.207 e. The highest BCUT2D eigenvalue weighted by atomic mass is 28.2. The normalized spacial score (nSPS) is 20.2. The van der Waals surface area contributed by atoms with Crippen molar-refractivity contribution >= 4 is 19.9 Å². The van der Waals surface area contributed by atoms with Gasteiger partial charge in [0.05, 0.1) is 0 Å². The van der Waals surface area contributed by atoms with Crippen molar-refractivity contribution in [3.8, 4) is 0 Å². The molecule has 0 saturated heterocycles. The van der Waals surface area contributed by atoms with Gasteiger partial charge in [0.2, 0.25) is 0 Å². The topological polar surface area (TPSA) is 0 Å². The van der Waals surface area contributed by atoms with E-state index in [1.54, 1.807) is 39.6 Å². The van der Waals surface area contributed by atoms with Crippen molar-refractivity contribution in [1.29, 1.82) is 0 Å². The van der Waals surface area contributed by atoms with Gasteiger partial charge in [-0.2, -0.15) is 0 Å². The van der Waals surface area contributed by atoms with Crippen LogP contribution in [-0.2, 0) is 21.7 Å². The molecule has 0 amide bonds. The second-order valence-electron chi connectivity index (χ2n) is 12.7. The lowest BCUT2D eigenvalue weighted by Gasteiger charge is -2.36. The van der Waals surface area contributed by atoms with Crippen molar-refractivity contribution in [3.63, 3.8) is 0 Å². The molecule has 0 aliphatic heterocycles. The molecule has 0 aromatic heterocycles. The molecule has 2 aromatic rings. The van der Waals surface area contributed by atoms with Crippen molar-refractivity contribution in [3.05, 3.63) is 70.0 Å². The summed E-state index contributed by atoms with van der Waals surface area (Å²) in [6, 6.07) is 10.0. The highest BCUT2D eigenvalue weighted by molar-refractivity contribution is 6.74. The summed E-state index contributed by atoms with van der Waals surface area (Å²) in [7, 11) is 0.596. The standard InChI is InChI=1S/C37H53FSi/c1-10-30(26-19-21-27(38)22-20-26)39-33-31-28(34(11-2,12-3)24-36(31,15-6)16-7)23-29-32(33)37(17-8,18-9)25-35(29,13-4)14-5/h10,19-23H,11-18,24-25H2,1-9H3/b30-10+. The van der Waals surface area contributed by atoms with Gasteiger partial charge in [0.15, 0.2) is 0 Å². The molecule has 0 heterocycles. The Morgan fingerprint density at radius 2 is 1.05 bits per heavy atom. The molecule has 212 valence electrons. The highest BCUT2D eigenvalue weighted by Crippen LogP contribution is 2.61. The fraction of sp³-hybridized carbons (Fsp3) is 0.622. The number of rotatable bonds is 11. The van der Waals surface area contributed by atoms with E-state index in [1.165, 1.54) is 75.0 Å². The molecule has 4 rings (SSSR count). The van der Waals surface area contributed by atoms with E-state index in [1.807, 2.05) is 12.1 Å². The van der Waals surface area contributed by atoms with Gasteiger partial charge in [-0.1, -0.05) is 90.0 Å². The van der Waals surface area contributed by atoms with Crippen LogP contribution in [0.5, 0.6) is 0 Å². The summed E-state index contributed by atoms with van der Waals surface area (Å²) in [5, 5.41) is 3.05. The third-order valence-electron chi connectivity index (χ3n) is 12.0. The molecule has 0 N–H and O–H groups in total. The van der Waals surface area contributed by atoms with Gasteiger partial charge in [-0.3, -0.25) is 0 Å². The Balaban J connectivity index is 2.16. The second kappa shape index (κ2) is 11.3. The summed E-state index contributed by atoms with van der Waals surface area (Å²) < 4.78 is 13.9. The zero-order chi connectivity index (χ0) is 28.6. The minimum atomic E-state index is -0.155. The van der Waals surface area contributed by atoms with Crippen molar-refractivity contribution in [1.82, 2.24) is 0 Å². The Hall–Kier alpha value is -1.67. The van der Waals surface area contributed by atoms with E-state index in [0.29, 0.717) is 9.52 Å². The van der Waals surface area contributed by atoms with E-state index in [2.05, 4.69) is 74.5 Å². The van der Waals surface area contributed by atoms with Crippen molar-refractivity contribution < 1.29 is 4.39 Å². The monoisotopic (exact) mass is 544 g/mol. The van der Waals surface area contributed by atoms with E-state index >= 15 is 0 Å². The van der Waals surface area contributed by atoms with Gasteiger partial charge in [-0.15, -0.1) is 0 Å². The minimum Gasteiger partial charge on any atom is -0.207 e. The molecule has 2 heteroatoms. The van der Waals surface area contributed by atoms with Crippen LogP contribution in [0.1, 0.15) is 154 Å². The SMILES string of the molecule is C/C=C(/[Si]c1c2c(cc3c1C(CC)(CC)CC3(CC)CC)C(CC)(CC)CC2(CC)CC)c1ccc(F)cc1. The first-order valence-electron chi connectivity index (χ1n) is 16.1. The summed E-state index contributed by atoms with van der Waals surface area (Å²) in [6.07, 6.45) is 14.5. The lowest BCUT2D eigenvalue weighted by molar-refractivity contribution is 0.279. The maximum Gasteiger partial charge on any atom is 0.123 e. The predicted octanol–water partition coefficient (Wildman–Crippen LogP) is 10.3. The van der Waals surface area contributed by atoms with Gasteiger partial charge in [0.25, 0.3) is 0 Å². The summed E-state index contributed by atoms with van der Waals surface area (Å²) in [5.41, 5.74) is 9.01. The van der Waals surface area contributed by atoms with Crippen LogP contribution in [0.2, 0.25) is 0 Å². The summed E-state index contributed by atoms with van der Waals surface area (Å²) >= 11 is 0. The van der Waals surface area contributed by atoms with Gasteiger partial charge in [0, 0.05) is 0 Å². The molecule has 0 spiro atoms. The first-order valence-corrected chi connectivity index (χ1v) is 17.1. The first-order chi connectivity index (χ1) is 18.7. The van der Waals surface area contributed by atoms with Gasteiger partial charge in [-0.05, 0) is 133 Å². The number of halogens is 1. The molecule has 39 heavy (non-hydrogen) atoms. The molecule has 0 atom stereocenters. The molecule has 0 nitrogen and oxygen atoms in total. The van der Waals surface area contributed by atoms with Crippen molar-refractivity contribution in [2.45, 2.75) is 148 Å². The molecule has 2 aliphatic carbocycles. The molecule has 2 aliphatic rings. The quantitative estimate of drug-likeness (QED) is 0.247. The maximum absolute atomic E-state index is 13.9. The number of hydrogen-bond donors (Lipinski definition) is 0. The smallest absolute Gasteiger partial charge is 0.123 e. The zero-order valence-corrected chi connectivity index (χ0v) is 27.4. The molecule has 0 unspecified atom stereocenters. The summed E-state index contributed by atoms with van der Waals surface area (Å²) in [6.45, 7) is 21.7. The molecule has 2 radical (unpaired) electrons. The molecular formula is C37H53FSi. The van der Waals surface area contributed by atoms with Crippen molar-refractivity contribution in [2.75, 3.05) is 0 Å². The second-order valence-corrected chi connectivity index (χ2v) is 14.0. The Bertz CT molecular complexity index is 1120. The average Bonchev–Trinajstić information content (AvgIpc) is 3.45. The van der Waals surface area contributed by atoms with E-state index in [0.717, 1.165) is 0 Å². The van der Waals surface area contributed by atoms with E-state index in [-0.39, 0.29) is 27.5 Å². The summed E-state index contributed by atoms with van der Waals surface area (Å²) in [5.74, 6) is -0.155. The van der Waals surface area contributed by atoms with Gasteiger partial charge < -0.3 is 0 Å². The minimum absolute atomic E-state index is 0.155. The number of allylic oxidation sites excluding steroid dienone is 1. The van der Waals surface area contributed by atoms with Gasteiger partial charge >= 0.3 is 0 Å². The molecule has 0 bridgehead atoms. The fourth-order valence-corrected chi connectivity index (χ4v) is 10.7. The lowest BCUT2D eigenvalue weighted by Crippen LogP contribution is -2.38. The Labute approximate surface area is 242 Å². The van der Waals surface area contributed by atoms with Crippen LogP contribution in [0.4, 0.5) is 4.39 Å². The first kappa shape index (κ1) is 30.3. The molecule has 2 aromatic carbocycles. The van der Waals surface area contributed by atoms with Crippen molar-refractivity contribution in [2.24, 2.45) is 0 Å². The lowest BCUT2D eigenvalue weighted by atomic mass is 9.70. The van der Waals surface area contributed by atoms with E-state index in [9.17, 15) is 4.39 Å². The van der Waals surface area contributed by atoms with Crippen LogP contribution >= 0.6 is 0 Å². The molecule has 0 fully saturated rings. The fourth-order valence-electron chi connectivity index (χ4n) is 8.95. The van der Waals surface area contributed by atoms with Crippen LogP contribution in [0.15, 0.2) is 36.4 Å². The average molecular weight is 545 g/mol. The van der Waals surface area contributed by atoms with Gasteiger partial charge in [-0.25, -0.2) is 4.39 Å². The number of hydrogen-bond acceptors (Lipinski definition) is 0. The Kier molecular flexibility index (Phi) is 8.78. The predicted molar refractivity (Wildman–Crippen MR) is 170 cm³/mol. The van der Waals surface area contributed by atoms with E-state index < -0.39 is 0 Å². The zero-order valence-electron chi connectivity index (χ0n) is 26.4. The number of fused-ring (bicyclic) bond motifs is 2. The third-order valence-corrected chi connectivity index (χ3v) is 13.6. The van der Waals surface area contributed by atoms with Crippen LogP contribution in [-0.4, -0.2) is 9.52 Å². The van der Waals surface area contributed by atoms with Gasteiger partial charge in [0.1, 0.15) is 15.3 Å². The summed E-state index contributed by atoms with van der Waals surface area (Å²) in [4.78, 5) is 0. The van der Waals surface area contributed by atoms with Crippen LogP contribution in [0, 0.1) is 5.82 Å².